The number of hydrogen-bond donors (Lipinski definition) is 1. The van der Waals surface area contributed by atoms with Crippen LogP contribution >= 0.6 is 23.2 Å². The lowest BCUT2D eigenvalue weighted by atomic mass is 9.73. The standard InChI is InChI=1S/C23H27Cl2NO3/c1-16(2)29-15-18-5-3-4-17(12-18)14-26-22(27)23(8-10-28-11-9-23)20-7-6-19(24)13-21(20)25/h3-7,12-13,16H,8-11,14-15H2,1-2H3,(H,26,27). The van der Waals surface area contributed by atoms with Crippen molar-refractivity contribution in [2.75, 3.05) is 13.2 Å². The third-order valence-electron chi connectivity index (χ3n) is 5.26. The third kappa shape index (κ3) is 5.52. The van der Waals surface area contributed by atoms with Crippen molar-refractivity contribution < 1.29 is 14.3 Å². The molecule has 1 aliphatic rings. The minimum absolute atomic E-state index is 0.0335. The summed E-state index contributed by atoms with van der Waals surface area (Å²) in [5, 5.41) is 4.19. The second-order valence-electron chi connectivity index (χ2n) is 7.68. The number of carbonyl (C=O) groups excluding carboxylic acids is 1. The molecule has 0 aliphatic carbocycles. The Morgan fingerprint density at radius 3 is 2.55 bits per heavy atom. The molecule has 0 aromatic heterocycles. The van der Waals surface area contributed by atoms with E-state index in [-0.39, 0.29) is 12.0 Å². The number of halogens is 2. The third-order valence-corrected chi connectivity index (χ3v) is 5.80. The summed E-state index contributed by atoms with van der Waals surface area (Å²) < 4.78 is 11.2. The Kier molecular flexibility index (Phi) is 7.58. The fourth-order valence-corrected chi connectivity index (χ4v) is 4.25. The van der Waals surface area contributed by atoms with Crippen molar-refractivity contribution >= 4 is 29.1 Å². The van der Waals surface area contributed by atoms with E-state index < -0.39 is 5.41 Å². The highest BCUT2D eigenvalue weighted by Crippen LogP contribution is 2.40. The Morgan fingerprint density at radius 2 is 1.86 bits per heavy atom. The second kappa shape index (κ2) is 9.94. The van der Waals surface area contributed by atoms with Crippen LogP contribution in [0.25, 0.3) is 0 Å². The molecule has 3 rings (SSSR count). The molecule has 0 radical (unpaired) electrons. The number of ether oxygens (including phenoxy) is 2. The molecule has 0 spiro atoms. The number of hydrogen-bond acceptors (Lipinski definition) is 3. The number of benzene rings is 2. The lowest BCUT2D eigenvalue weighted by Gasteiger charge is -2.37. The van der Waals surface area contributed by atoms with Crippen molar-refractivity contribution in [3.05, 3.63) is 69.2 Å². The van der Waals surface area contributed by atoms with Gasteiger partial charge in [0.05, 0.1) is 18.1 Å². The minimum atomic E-state index is -0.710. The first-order valence-electron chi connectivity index (χ1n) is 9.92. The maximum absolute atomic E-state index is 13.3. The molecule has 1 heterocycles. The Bertz CT molecular complexity index is 848. The van der Waals surface area contributed by atoms with Gasteiger partial charge in [-0.15, -0.1) is 0 Å². The van der Waals surface area contributed by atoms with Crippen molar-refractivity contribution in [1.29, 1.82) is 0 Å². The van der Waals surface area contributed by atoms with Gasteiger partial charge in [-0.05, 0) is 55.5 Å². The maximum atomic E-state index is 13.3. The summed E-state index contributed by atoms with van der Waals surface area (Å²) in [6.45, 7) is 6.07. The van der Waals surface area contributed by atoms with Crippen LogP contribution in [0.1, 0.15) is 43.4 Å². The molecule has 2 aromatic rings. The molecule has 1 amide bonds. The lowest BCUT2D eigenvalue weighted by molar-refractivity contribution is -0.130. The first-order valence-corrected chi connectivity index (χ1v) is 10.7. The molecule has 2 aromatic carbocycles. The summed E-state index contributed by atoms with van der Waals surface area (Å²) in [7, 11) is 0. The van der Waals surface area contributed by atoms with Gasteiger partial charge in [-0.25, -0.2) is 0 Å². The van der Waals surface area contributed by atoms with Gasteiger partial charge in [-0.2, -0.15) is 0 Å². The van der Waals surface area contributed by atoms with E-state index in [9.17, 15) is 4.79 Å². The van der Waals surface area contributed by atoms with Gasteiger partial charge < -0.3 is 14.8 Å². The van der Waals surface area contributed by atoms with Gasteiger partial charge in [0.15, 0.2) is 0 Å². The Hall–Kier alpha value is -1.59. The normalized spacial score (nSPS) is 16.0. The van der Waals surface area contributed by atoms with E-state index in [0.717, 1.165) is 16.7 Å². The number of amides is 1. The van der Waals surface area contributed by atoms with Crippen LogP contribution in [0.2, 0.25) is 10.0 Å². The zero-order valence-corrected chi connectivity index (χ0v) is 18.4. The van der Waals surface area contributed by atoms with Gasteiger partial charge in [-0.1, -0.05) is 53.5 Å². The fraction of sp³-hybridized carbons (Fsp3) is 0.435. The minimum Gasteiger partial charge on any atom is -0.381 e. The Morgan fingerprint density at radius 1 is 1.14 bits per heavy atom. The Balaban J connectivity index is 1.75. The monoisotopic (exact) mass is 435 g/mol. The van der Waals surface area contributed by atoms with Crippen molar-refractivity contribution in [3.63, 3.8) is 0 Å². The number of rotatable bonds is 7. The highest BCUT2D eigenvalue weighted by Gasteiger charge is 2.42. The lowest BCUT2D eigenvalue weighted by Crippen LogP contribution is -2.48. The van der Waals surface area contributed by atoms with Crippen LogP contribution in [0, 0.1) is 0 Å². The largest absolute Gasteiger partial charge is 0.381 e. The van der Waals surface area contributed by atoms with Crippen LogP contribution in [0.3, 0.4) is 0 Å². The fourth-order valence-electron chi connectivity index (χ4n) is 3.66. The van der Waals surface area contributed by atoms with Crippen LogP contribution in [-0.2, 0) is 32.8 Å². The van der Waals surface area contributed by atoms with E-state index >= 15 is 0 Å². The number of carbonyl (C=O) groups is 1. The molecule has 0 unspecified atom stereocenters. The highest BCUT2D eigenvalue weighted by molar-refractivity contribution is 6.35. The summed E-state index contributed by atoms with van der Waals surface area (Å²) in [6.07, 6.45) is 1.35. The highest BCUT2D eigenvalue weighted by atomic mass is 35.5. The van der Waals surface area contributed by atoms with Crippen molar-refractivity contribution in [3.8, 4) is 0 Å². The van der Waals surface area contributed by atoms with Crippen molar-refractivity contribution in [1.82, 2.24) is 5.32 Å². The maximum Gasteiger partial charge on any atom is 0.231 e. The zero-order chi connectivity index (χ0) is 20.9. The molecular formula is C23H27Cl2NO3. The molecule has 6 heteroatoms. The van der Waals surface area contributed by atoms with Gasteiger partial charge in [0.2, 0.25) is 5.91 Å². The van der Waals surface area contributed by atoms with Crippen LogP contribution in [0.4, 0.5) is 0 Å². The van der Waals surface area contributed by atoms with E-state index in [1.54, 1.807) is 12.1 Å². The van der Waals surface area contributed by atoms with E-state index in [0.29, 0.717) is 49.3 Å². The second-order valence-corrected chi connectivity index (χ2v) is 8.52. The van der Waals surface area contributed by atoms with E-state index in [2.05, 4.69) is 11.4 Å². The summed E-state index contributed by atoms with van der Waals surface area (Å²) in [5.74, 6) is -0.0335. The quantitative estimate of drug-likeness (QED) is 0.642. The van der Waals surface area contributed by atoms with E-state index in [1.807, 2.05) is 38.1 Å². The predicted octanol–water partition coefficient (Wildman–Crippen LogP) is 5.28. The first kappa shape index (κ1) is 22.1. The summed E-state index contributed by atoms with van der Waals surface area (Å²) >= 11 is 12.5. The molecule has 29 heavy (non-hydrogen) atoms. The Labute approximate surface area is 182 Å². The molecule has 1 fully saturated rings. The van der Waals surface area contributed by atoms with Gasteiger partial charge in [-0.3, -0.25) is 4.79 Å². The van der Waals surface area contributed by atoms with Crippen molar-refractivity contribution in [2.24, 2.45) is 0 Å². The number of nitrogens with one attached hydrogen (secondary N) is 1. The van der Waals surface area contributed by atoms with Crippen LogP contribution in [-0.4, -0.2) is 25.2 Å². The first-order chi connectivity index (χ1) is 13.9. The average Bonchev–Trinajstić information content (AvgIpc) is 2.71. The van der Waals surface area contributed by atoms with E-state index in [1.165, 1.54) is 0 Å². The molecular weight excluding hydrogens is 409 g/mol. The predicted molar refractivity (Wildman–Crippen MR) is 116 cm³/mol. The SMILES string of the molecule is CC(C)OCc1cccc(CNC(=O)C2(c3ccc(Cl)cc3Cl)CCOCC2)c1. The smallest absolute Gasteiger partial charge is 0.231 e. The summed E-state index contributed by atoms with van der Waals surface area (Å²) in [4.78, 5) is 13.3. The topological polar surface area (TPSA) is 47.6 Å². The van der Waals surface area contributed by atoms with Crippen LogP contribution in [0.5, 0.6) is 0 Å². The molecule has 1 saturated heterocycles. The van der Waals surface area contributed by atoms with Crippen LogP contribution < -0.4 is 5.32 Å². The van der Waals surface area contributed by atoms with Gasteiger partial charge in [0.1, 0.15) is 0 Å². The average molecular weight is 436 g/mol. The molecule has 4 nitrogen and oxygen atoms in total. The van der Waals surface area contributed by atoms with E-state index in [4.69, 9.17) is 32.7 Å². The molecule has 1 N–H and O–H groups in total. The van der Waals surface area contributed by atoms with Gasteiger partial charge >= 0.3 is 0 Å². The molecule has 156 valence electrons. The van der Waals surface area contributed by atoms with Crippen LogP contribution in [0.15, 0.2) is 42.5 Å². The molecule has 0 bridgehead atoms. The summed E-state index contributed by atoms with van der Waals surface area (Å²) in [5.41, 5.74) is 2.22. The molecule has 1 aliphatic heterocycles. The van der Waals surface area contributed by atoms with Gasteiger partial charge in [0, 0.05) is 29.8 Å². The zero-order valence-electron chi connectivity index (χ0n) is 16.8. The van der Waals surface area contributed by atoms with Gasteiger partial charge in [0.25, 0.3) is 0 Å². The molecule has 0 atom stereocenters. The molecule has 0 saturated carbocycles. The van der Waals surface area contributed by atoms with Crippen molar-refractivity contribution in [2.45, 2.75) is 51.4 Å². The summed E-state index contributed by atoms with van der Waals surface area (Å²) in [6, 6.07) is 13.4.